The number of carbonyl (C=O) groups excluding carboxylic acids is 1. The van der Waals surface area contributed by atoms with E-state index in [1.54, 1.807) is 0 Å². The van der Waals surface area contributed by atoms with Gasteiger partial charge in [-0.1, -0.05) is 24.3 Å². The fourth-order valence-corrected chi connectivity index (χ4v) is 6.38. The van der Waals surface area contributed by atoms with Crippen LogP contribution in [0.1, 0.15) is 31.4 Å². The smallest absolute Gasteiger partial charge is 0.339 e. The van der Waals surface area contributed by atoms with Gasteiger partial charge in [-0.3, -0.25) is 4.79 Å². The van der Waals surface area contributed by atoms with Gasteiger partial charge in [-0.05, 0) is 50.1 Å². The molecule has 2 N–H and O–H groups in total. The fourth-order valence-electron chi connectivity index (χ4n) is 4.30. The molecule has 0 saturated carbocycles. The number of likely N-dealkylation sites (tertiary alicyclic amines) is 1. The van der Waals surface area contributed by atoms with Gasteiger partial charge < -0.3 is 10.6 Å². The molecule has 0 bridgehead atoms. The first kappa shape index (κ1) is 28.8. The average molecular weight is 558 g/mol. The summed E-state index contributed by atoms with van der Waals surface area (Å²) in [6.45, 7) is 2.02. The number of hydrogen-bond acceptors (Lipinski definition) is 4. The van der Waals surface area contributed by atoms with Gasteiger partial charge in [0.25, 0.3) is 0 Å². The highest BCUT2D eigenvalue weighted by Crippen LogP contribution is 2.53. The number of halogens is 8. The summed E-state index contributed by atoms with van der Waals surface area (Å²) in [6.07, 6.45) is -13.0. The Balaban J connectivity index is 2.19. The maximum absolute atomic E-state index is 14.5. The quantitative estimate of drug-likeness (QED) is 0.424. The van der Waals surface area contributed by atoms with Crippen LogP contribution >= 0.6 is 0 Å². The van der Waals surface area contributed by atoms with Crippen LogP contribution in [0.3, 0.4) is 0 Å². The first-order valence-corrected chi connectivity index (χ1v) is 12.2. The lowest BCUT2D eigenvalue weighted by Gasteiger charge is -2.33. The van der Waals surface area contributed by atoms with E-state index in [1.165, 1.54) is 13.8 Å². The molecule has 1 amide bonds. The third-order valence-corrected chi connectivity index (χ3v) is 8.79. The van der Waals surface area contributed by atoms with Crippen LogP contribution in [0.25, 0.3) is 0 Å². The van der Waals surface area contributed by atoms with Crippen molar-refractivity contribution in [2.24, 2.45) is 5.73 Å². The largest absolute Gasteiger partial charge is 0.435 e. The summed E-state index contributed by atoms with van der Waals surface area (Å²) < 4.78 is 132. The molecule has 0 aromatic heterocycles. The van der Waals surface area contributed by atoms with Crippen LogP contribution in [-0.4, -0.2) is 50.2 Å². The summed E-state index contributed by atoms with van der Waals surface area (Å²) in [7, 11) is -4.53. The molecule has 2 aromatic carbocycles. The molecule has 204 valence electrons. The number of sulfone groups is 1. The van der Waals surface area contributed by atoms with E-state index in [9.17, 15) is 48.3 Å². The summed E-state index contributed by atoms with van der Waals surface area (Å²) in [4.78, 5) is 13.5. The minimum atomic E-state index is -6.35. The van der Waals surface area contributed by atoms with Crippen molar-refractivity contribution in [3.05, 3.63) is 65.5 Å². The number of alkyl halides is 7. The van der Waals surface area contributed by atoms with E-state index in [1.807, 2.05) is 0 Å². The van der Waals surface area contributed by atoms with Crippen molar-refractivity contribution in [1.82, 2.24) is 4.90 Å². The molecule has 3 rings (SSSR count). The molecule has 1 saturated heterocycles. The second kappa shape index (κ2) is 8.93. The summed E-state index contributed by atoms with van der Waals surface area (Å²) >= 11 is 0. The summed E-state index contributed by atoms with van der Waals surface area (Å²) in [6, 6.07) is 5.35. The number of rotatable bonds is 5. The van der Waals surface area contributed by atoms with Crippen LogP contribution in [0.5, 0.6) is 0 Å². The minimum absolute atomic E-state index is 0.167. The van der Waals surface area contributed by atoms with Crippen molar-refractivity contribution in [3.63, 3.8) is 0 Å². The highest BCUT2D eigenvalue weighted by atomic mass is 32.2. The Hall–Kier alpha value is -2.74. The van der Waals surface area contributed by atoms with Gasteiger partial charge in [0.15, 0.2) is 9.84 Å². The van der Waals surface area contributed by atoms with Crippen molar-refractivity contribution < 1.29 is 48.3 Å². The normalized spacial score (nSPS) is 19.8. The first-order chi connectivity index (χ1) is 16.7. The molecule has 1 aliphatic heterocycles. The standard InChI is InChI=1S/C23H22F8N2O3S/c1-19(2,32)18(34)33-12-11-20(13-33,37(35,36)17-9-7-16(24)8-10-17)14-3-5-15(6-4-14)21(25,22(26,27)28)23(29,30)31/h3-10H,11-13,32H2,1-2H3/t20-/m0/s1. The van der Waals surface area contributed by atoms with Crippen molar-refractivity contribution in [2.75, 3.05) is 13.1 Å². The van der Waals surface area contributed by atoms with Gasteiger partial charge in [0.05, 0.1) is 10.4 Å². The number of benzene rings is 2. The number of amides is 1. The predicted molar refractivity (Wildman–Crippen MR) is 116 cm³/mol. The van der Waals surface area contributed by atoms with Crippen LogP contribution in [-0.2, 0) is 25.0 Å². The minimum Gasteiger partial charge on any atom is -0.339 e. The maximum Gasteiger partial charge on any atom is 0.435 e. The molecule has 1 atom stereocenters. The topological polar surface area (TPSA) is 80.5 Å². The highest BCUT2D eigenvalue weighted by Gasteiger charge is 2.73. The van der Waals surface area contributed by atoms with Crippen LogP contribution in [0.15, 0.2) is 53.4 Å². The zero-order chi connectivity index (χ0) is 28.2. The van der Waals surface area contributed by atoms with Gasteiger partial charge >= 0.3 is 18.0 Å². The Kier molecular flexibility index (Phi) is 6.96. The lowest BCUT2D eigenvalue weighted by Crippen LogP contribution is -2.51. The zero-order valence-corrected chi connectivity index (χ0v) is 20.2. The van der Waals surface area contributed by atoms with Crippen molar-refractivity contribution >= 4 is 15.7 Å². The Morgan fingerprint density at radius 3 is 1.81 bits per heavy atom. The van der Waals surface area contributed by atoms with E-state index < -0.39 is 66.9 Å². The Morgan fingerprint density at radius 1 is 0.892 bits per heavy atom. The molecule has 1 aliphatic rings. The third-order valence-electron chi connectivity index (χ3n) is 6.30. The van der Waals surface area contributed by atoms with Crippen molar-refractivity contribution in [3.8, 4) is 0 Å². The first-order valence-electron chi connectivity index (χ1n) is 10.7. The lowest BCUT2D eigenvalue weighted by molar-refractivity contribution is -0.348. The summed E-state index contributed by atoms with van der Waals surface area (Å²) in [5.74, 6) is -1.42. The maximum atomic E-state index is 14.5. The van der Waals surface area contributed by atoms with E-state index in [0.29, 0.717) is 12.1 Å². The van der Waals surface area contributed by atoms with Crippen LogP contribution in [0.4, 0.5) is 35.1 Å². The van der Waals surface area contributed by atoms with Gasteiger partial charge in [0, 0.05) is 18.7 Å². The van der Waals surface area contributed by atoms with Gasteiger partial charge in [-0.25, -0.2) is 17.2 Å². The van der Waals surface area contributed by atoms with Gasteiger partial charge in [0.2, 0.25) is 5.91 Å². The second-order valence-electron chi connectivity index (χ2n) is 9.38. The third kappa shape index (κ3) is 4.69. The molecule has 0 aliphatic carbocycles. The Bertz CT molecular complexity index is 1250. The highest BCUT2D eigenvalue weighted by molar-refractivity contribution is 7.92. The molecule has 1 fully saturated rings. The van der Waals surface area contributed by atoms with Crippen molar-refractivity contribution in [1.29, 1.82) is 0 Å². The van der Waals surface area contributed by atoms with E-state index in [0.717, 1.165) is 29.2 Å². The second-order valence-corrected chi connectivity index (χ2v) is 11.6. The zero-order valence-electron chi connectivity index (χ0n) is 19.4. The number of nitrogens with two attached hydrogens (primary N) is 1. The monoisotopic (exact) mass is 558 g/mol. The van der Waals surface area contributed by atoms with E-state index in [4.69, 9.17) is 5.73 Å². The lowest BCUT2D eigenvalue weighted by atomic mass is 9.90. The number of carbonyl (C=O) groups is 1. The van der Waals surface area contributed by atoms with Crippen LogP contribution < -0.4 is 5.73 Å². The number of nitrogens with zero attached hydrogens (tertiary/aromatic N) is 1. The van der Waals surface area contributed by atoms with Crippen LogP contribution in [0, 0.1) is 5.82 Å². The molecule has 0 radical (unpaired) electrons. The SMILES string of the molecule is CC(C)(N)C(=O)N1CC[C@](c2ccc(C(F)(C(F)(F)F)C(F)(F)F)cc2)(S(=O)(=O)c2ccc(F)cc2)C1. The van der Waals surface area contributed by atoms with Gasteiger partial charge in [0.1, 0.15) is 10.6 Å². The molecule has 0 spiro atoms. The van der Waals surface area contributed by atoms with E-state index >= 15 is 0 Å². The Morgan fingerprint density at radius 2 is 1.38 bits per heavy atom. The molecule has 1 heterocycles. The average Bonchev–Trinajstić information content (AvgIpc) is 3.23. The Labute approximate surface area is 207 Å². The predicted octanol–water partition coefficient (Wildman–Crippen LogP) is 4.75. The molecule has 0 unspecified atom stereocenters. The van der Waals surface area contributed by atoms with E-state index in [2.05, 4.69) is 0 Å². The number of hydrogen-bond donors (Lipinski definition) is 1. The summed E-state index contributed by atoms with van der Waals surface area (Å²) in [5.41, 5.74) is -3.37. The molecule has 5 nitrogen and oxygen atoms in total. The van der Waals surface area contributed by atoms with Crippen molar-refractivity contribution in [2.45, 2.75) is 53.5 Å². The van der Waals surface area contributed by atoms with Gasteiger partial charge in [-0.2, -0.15) is 26.3 Å². The molecule has 2 aromatic rings. The molecule has 14 heteroatoms. The van der Waals surface area contributed by atoms with Gasteiger partial charge in [-0.15, -0.1) is 0 Å². The fraction of sp³-hybridized carbons (Fsp3) is 0.435. The molecular weight excluding hydrogens is 536 g/mol. The van der Waals surface area contributed by atoms with Crippen LogP contribution in [0.2, 0.25) is 0 Å². The van der Waals surface area contributed by atoms with E-state index in [-0.39, 0.29) is 30.7 Å². The summed E-state index contributed by atoms with van der Waals surface area (Å²) in [5, 5.41) is 0. The molecular formula is C23H22F8N2O3S. The molecule has 37 heavy (non-hydrogen) atoms.